The summed E-state index contributed by atoms with van der Waals surface area (Å²) in [6.07, 6.45) is 6.90. The first kappa shape index (κ1) is 18.2. The average Bonchev–Trinajstić information content (AvgIpc) is 3.24. The van der Waals surface area contributed by atoms with Crippen LogP contribution in [0.3, 0.4) is 0 Å². The van der Waals surface area contributed by atoms with Crippen LogP contribution in [-0.2, 0) is 11.2 Å². The van der Waals surface area contributed by atoms with Gasteiger partial charge in [-0.1, -0.05) is 23.4 Å². The van der Waals surface area contributed by atoms with Gasteiger partial charge in [0.2, 0.25) is 0 Å². The smallest absolute Gasteiger partial charge is 0.257 e. The third kappa shape index (κ3) is 4.40. The van der Waals surface area contributed by atoms with E-state index in [-0.39, 0.29) is 12.0 Å². The summed E-state index contributed by atoms with van der Waals surface area (Å²) < 4.78 is 11.3. The lowest BCUT2D eigenvalue weighted by molar-refractivity contribution is 0.00248. The molecule has 0 radical (unpaired) electrons. The van der Waals surface area contributed by atoms with Gasteiger partial charge in [0, 0.05) is 37.5 Å². The molecule has 28 heavy (non-hydrogen) atoms. The zero-order chi connectivity index (χ0) is 19.2. The van der Waals surface area contributed by atoms with Crippen molar-refractivity contribution in [2.45, 2.75) is 25.4 Å². The molecule has 3 heterocycles. The second kappa shape index (κ2) is 8.71. The van der Waals surface area contributed by atoms with Gasteiger partial charge < -0.3 is 14.2 Å². The van der Waals surface area contributed by atoms with E-state index in [2.05, 4.69) is 20.1 Å². The second-order valence-electron chi connectivity index (χ2n) is 6.65. The van der Waals surface area contributed by atoms with Crippen molar-refractivity contribution in [1.29, 1.82) is 0 Å². The minimum Gasteiger partial charge on any atom is -0.376 e. The summed E-state index contributed by atoms with van der Waals surface area (Å²) >= 11 is 0. The second-order valence-corrected chi connectivity index (χ2v) is 6.65. The number of rotatable bonds is 6. The van der Waals surface area contributed by atoms with Gasteiger partial charge in [-0.25, -0.2) is 9.97 Å². The zero-order valence-corrected chi connectivity index (χ0v) is 15.4. The standard InChI is InChI=1S/C20H21N5O3/c26-20(16-11-21-14-22-12-16)25-9-4-7-17(13-25)27-10-8-18-23-19(28-24-18)15-5-2-1-3-6-15/h1-3,5-6,11-12,14,17H,4,7-10,13H2. The SMILES string of the molecule is O=C(c1cncnc1)N1CCCC(OCCc2noc(-c3ccccc3)n2)C1. The fraction of sp³-hybridized carbons (Fsp3) is 0.350. The van der Waals surface area contributed by atoms with E-state index in [1.54, 1.807) is 17.3 Å². The fourth-order valence-electron chi connectivity index (χ4n) is 3.22. The molecule has 1 fully saturated rings. The molecule has 1 amide bonds. The summed E-state index contributed by atoms with van der Waals surface area (Å²) in [7, 11) is 0. The van der Waals surface area contributed by atoms with E-state index in [4.69, 9.17) is 9.26 Å². The number of ether oxygens (including phenoxy) is 1. The van der Waals surface area contributed by atoms with Crippen LogP contribution in [0.1, 0.15) is 29.0 Å². The van der Waals surface area contributed by atoms with Crippen molar-refractivity contribution in [3.63, 3.8) is 0 Å². The minimum absolute atomic E-state index is 0.00262. The molecule has 1 aliphatic rings. The number of nitrogens with zero attached hydrogens (tertiary/aromatic N) is 5. The highest BCUT2D eigenvalue weighted by atomic mass is 16.5. The minimum atomic E-state index is -0.0560. The van der Waals surface area contributed by atoms with Crippen LogP contribution in [0.2, 0.25) is 0 Å². The van der Waals surface area contributed by atoms with Gasteiger partial charge in [-0.3, -0.25) is 4.79 Å². The molecule has 8 nitrogen and oxygen atoms in total. The molecule has 0 saturated carbocycles. The van der Waals surface area contributed by atoms with Crippen molar-refractivity contribution in [2.75, 3.05) is 19.7 Å². The van der Waals surface area contributed by atoms with E-state index in [1.807, 2.05) is 30.3 Å². The summed E-state index contributed by atoms with van der Waals surface area (Å²) in [5.74, 6) is 1.07. The van der Waals surface area contributed by atoms with Crippen LogP contribution in [0.4, 0.5) is 0 Å². The molecule has 2 aromatic heterocycles. The third-order valence-electron chi connectivity index (χ3n) is 4.64. The Morgan fingerprint density at radius 2 is 2.04 bits per heavy atom. The van der Waals surface area contributed by atoms with Crippen LogP contribution in [-0.4, -0.2) is 56.7 Å². The number of piperidine rings is 1. The lowest BCUT2D eigenvalue weighted by atomic mass is 10.1. The van der Waals surface area contributed by atoms with Gasteiger partial charge in [-0.2, -0.15) is 4.98 Å². The van der Waals surface area contributed by atoms with Crippen LogP contribution >= 0.6 is 0 Å². The lowest BCUT2D eigenvalue weighted by Crippen LogP contribution is -2.43. The van der Waals surface area contributed by atoms with Gasteiger partial charge >= 0.3 is 0 Å². The predicted molar refractivity (Wildman–Crippen MR) is 100 cm³/mol. The molecular weight excluding hydrogens is 358 g/mol. The van der Waals surface area contributed by atoms with Gasteiger partial charge in [0.05, 0.1) is 18.3 Å². The molecule has 4 rings (SSSR count). The van der Waals surface area contributed by atoms with Crippen LogP contribution in [0.15, 0.2) is 53.6 Å². The Morgan fingerprint density at radius 3 is 2.86 bits per heavy atom. The molecule has 1 atom stereocenters. The number of benzene rings is 1. The maximum absolute atomic E-state index is 12.5. The Kier molecular flexibility index (Phi) is 5.67. The van der Waals surface area contributed by atoms with Crippen molar-refractivity contribution in [2.24, 2.45) is 0 Å². The first-order valence-electron chi connectivity index (χ1n) is 9.33. The van der Waals surface area contributed by atoms with Gasteiger partial charge in [0.15, 0.2) is 5.82 Å². The summed E-state index contributed by atoms with van der Waals surface area (Å²) in [4.78, 5) is 26.6. The predicted octanol–water partition coefficient (Wildman–Crippen LogP) is 2.39. The van der Waals surface area contributed by atoms with Crippen LogP contribution < -0.4 is 0 Å². The normalized spacial score (nSPS) is 16.9. The number of amides is 1. The van der Waals surface area contributed by atoms with Crippen molar-refractivity contribution in [3.05, 3.63) is 60.4 Å². The van der Waals surface area contributed by atoms with Crippen molar-refractivity contribution < 1.29 is 14.1 Å². The number of carbonyl (C=O) groups is 1. The van der Waals surface area contributed by atoms with Crippen molar-refractivity contribution in [3.8, 4) is 11.5 Å². The molecule has 1 saturated heterocycles. The third-order valence-corrected chi connectivity index (χ3v) is 4.64. The number of likely N-dealkylation sites (tertiary alicyclic amines) is 1. The molecule has 8 heteroatoms. The van der Waals surface area contributed by atoms with Crippen molar-refractivity contribution in [1.82, 2.24) is 25.0 Å². The highest BCUT2D eigenvalue weighted by Crippen LogP contribution is 2.18. The molecule has 1 aromatic carbocycles. The number of carbonyl (C=O) groups excluding carboxylic acids is 1. The summed E-state index contributed by atoms with van der Waals surface area (Å²) in [6.45, 7) is 1.77. The van der Waals surface area contributed by atoms with Crippen molar-refractivity contribution >= 4 is 5.91 Å². The highest BCUT2D eigenvalue weighted by Gasteiger charge is 2.25. The van der Waals surface area contributed by atoms with E-state index in [0.29, 0.717) is 36.9 Å². The lowest BCUT2D eigenvalue weighted by Gasteiger charge is -2.32. The molecule has 3 aromatic rings. The molecular formula is C20H21N5O3. The maximum Gasteiger partial charge on any atom is 0.257 e. The van der Waals surface area contributed by atoms with Crippen LogP contribution in [0, 0.1) is 0 Å². The molecule has 1 unspecified atom stereocenters. The quantitative estimate of drug-likeness (QED) is 0.649. The average molecular weight is 379 g/mol. The van der Waals surface area contributed by atoms with Gasteiger partial charge in [-0.15, -0.1) is 0 Å². The number of aromatic nitrogens is 4. The topological polar surface area (TPSA) is 94.2 Å². The number of hydrogen-bond acceptors (Lipinski definition) is 7. The Bertz CT molecular complexity index is 900. The maximum atomic E-state index is 12.5. The van der Waals surface area contributed by atoms with Crippen LogP contribution in [0.5, 0.6) is 0 Å². The first-order chi connectivity index (χ1) is 13.8. The molecule has 1 aliphatic heterocycles. The van der Waals surface area contributed by atoms with E-state index in [9.17, 15) is 4.79 Å². The highest BCUT2D eigenvalue weighted by molar-refractivity contribution is 5.93. The Labute approximate surface area is 162 Å². The van der Waals surface area contributed by atoms with E-state index >= 15 is 0 Å². The summed E-state index contributed by atoms with van der Waals surface area (Å²) in [5.41, 5.74) is 1.40. The molecule has 0 bridgehead atoms. The van der Waals surface area contributed by atoms with E-state index in [1.165, 1.54) is 6.33 Å². The number of hydrogen-bond donors (Lipinski definition) is 0. The molecule has 0 N–H and O–H groups in total. The van der Waals surface area contributed by atoms with Gasteiger partial charge in [-0.05, 0) is 25.0 Å². The van der Waals surface area contributed by atoms with Gasteiger partial charge in [0.25, 0.3) is 11.8 Å². The Balaban J connectivity index is 1.27. The fourth-order valence-corrected chi connectivity index (χ4v) is 3.22. The molecule has 0 spiro atoms. The first-order valence-corrected chi connectivity index (χ1v) is 9.33. The monoisotopic (exact) mass is 379 g/mol. The van der Waals surface area contributed by atoms with E-state index < -0.39 is 0 Å². The molecule has 0 aliphatic carbocycles. The summed E-state index contributed by atoms with van der Waals surface area (Å²) in [6, 6.07) is 9.66. The van der Waals surface area contributed by atoms with Gasteiger partial charge in [0.1, 0.15) is 6.33 Å². The summed E-state index contributed by atoms with van der Waals surface area (Å²) in [5, 5.41) is 4.01. The molecule has 144 valence electrons. The Morgan fingerprint density at radius 1 is 1.21 bits per heavy atom. The zero-order valence-electron chi connectivity index (χ0n) is 15.4. The van der Waals surface area contributed by atoms with E-state index in [0.717, 1.165) is 24.9 Å². The largest absolute Gasteiger partial charge is 0.376 e. The van der Waals surface area contributed by atoms with Crippen LogP contribution in [0.25, 0.3) is 11.5 Å². The Hall–Kier alpha value is -3.13.